The van der Waals surface area contributed by atoms with Crippen LogP contribution in [0.2, 0.25) is 0 Å². The third kappa shape index (κ3) is 1.59. The second kappa shape index (κ2) is 4.01. The normalized spacial score (nSPS) is 40.3. The van der Waals surface area contributed by atoms with Crippen LogP contribution in [0.3, 0.4) is 0 Å². The first-order valence-electron chi connectivity index (χ1n) is 6.98. The molecule has 0 amide bonds. The van der Waals surface area contributed by atoms with Gasteiger partial charge in [-0.1, -0.05) is 0 Å². The number of halogens is 3. The minimum atomic E-state index is -0.523. The molecule has 0 aromatic heterocycles. The summed E-state index contributed by atoms with van der Waals surface area (Å²) < 4.78 is 28.3. The van der Waals surface area contributed by atoms with Crippen molar-refractivity contribution >= 4 is 15.9 Å². The van der Waals surface area contributed by atoms with Gasteiger partial charge in [-0.05, 0) is 76.9 Å². The van der Waals surface area contributed by atoms with Crippen molar-refractivity contribution < 1.29 is 8.78 Å². The van der Waals surface area contributed by atoms with Crippen molar-refractivity contribution in [3.05, 3.63) is 33.8 Å². The van der Waals surface area contributed by atoms with Gasteiger partial charge in [0, 0.05) is 11.6 Å². The summed E-state index contributed by atoms with van der Waals surface area (Å²) in [5, 5.41) is 0. The molecule has 19 heavy (non-hydrogen) atoms. The first kappa shape index (κ1) is 12.3. The lowest BCUT2D eigenvalue weighted by molar-refractivity contribution is 0.399. The molecule has 0 spiro atoms. The highest BCUT2D eigenvalue weighted by Crippen LogP contribution is 2.71. The highest BCUT2D eigenvalue weighted by Gasteiger charge is 2.66. The Bertz CT molecular complexity index is 531. The van der Waals surface area contributed by atoms with Gasteiger partial charge in [-0.3, -0.25) is 0 Å². The maximum atomic E-state index is 14.1. The fraction of sp³-hybridized carbons (Fsp3) is 0.600. The van der Waals surface area contributed by atoms with Crippen LogP contribution in [-0.2, 0) is 0 Å². The SMILES string of the molecule is NC(c1c(F)ccc(Br)c1F)C1C2C3CCC(C3)C21. The first-order valence-corrected chi connectivity index (χ1v) is 7.78. The molecule has 0 aliphatic heterocycles. The van der Waals surface area contributed by atoms with Crippen molar-refractivity contribution in [3.63, 3.8) is 0 Å². The molecule has 2 bridgehead atoms. The molecular weight excluding hydrogens is 312 g/mol. The average molecular weight is 328 g/mol. The van der Waals surface area contributed by atoms with Crippen LogP contribution in [0, 0.1) is 41.2 Å². The van der Waals surface area contributed by atoms with E-state index in [1.165, 1.54) is 31.4 Å². The Morgan fingerprint density at radius 3 is 2.42 bits per heavy atom. The van der Waals surface area contributed by atoms with Crippen molar-refractivity contribution in [1.82, 2.24) is 0 Å². The van der Waals surface area contributed by atoms with Gasteiger partial charge in [0.05, 0.1) is 4.47 Å². The zero-order valence-electron chi connectivity index (χ0n) is 10.5. The fourth-order valence-corrected chi connectivity index (χ4v) is 5.26. The second-order valence-corrected chi connectivity index (χ2v) is 7.20. The van der Waals surface area contributed by atoms with E-state index in [1.54, 1.807) is 0 Å². The molecule has 3 aliphatic rings. The average Bonchev–Trinajstić information content (AvgIpc) is 2.83. The van der Waals surface area contributed by atoms with Crippen LogP contribution in [0.4, 0.5) is 8.78 Å². The summed E-state index contributed by atoms with van der Waals surface area (Å²) >= 11 is 3.12. The standard InChI is InChI=1S/C15H16BrF2N/c16-8-3-4-9(17)12(14(8)18)15(19)13-10-6-1-2-7(5-6)11(10)13/h3-4,6-7,10-11,13,15H,1-2,5,19H2. The molecule has 2 N–H and O–H groups in total. The van der Waals surface area contributed by atoms with E-state index in [0.717, 1.165) is 11.8 Å². The number of fused-ring (bicyclic) bond motifs is 5. The molecule has 3 fully saturated rings. The molecule has 4 heteroatoms. The summed E-state index contributed by atoms with van der Waals surface area (Å²) in [5.41, 5.74) is 6.29. The van der Waals surface area contributed by atoms with E-state index in [2.05, 4.69) is 15.9 Å². The van der Waals surface area contributed by atoms with Crippen LogP contribution < -0.4 is 5.73 Å². The molecule has 0 heterocycles. The molecule has 3 saturated carbocycles. The van der Waals surface area contributed by atoms with Crippen molar-refractivity contribution in [2.45, 2.75) is 25.3 Å². The highest BCUT2D eigenvalue weighted by atomic mass is 79.9. The van der Waals surface area contributed by atoms with E-state index in [0.29, 0.717) is 22.2 Å². The van der Waals surface area contributed by atoms with Gasteiger partial charge in [-0.2, -0.15) is 0 Å². The second-order valence-electron chi connectivity index (χ2n) is 6.35. The number of hydrogen-bond donors (Lipinski definition) is 1. The van der Waals surface area contributed by atoms with E-state index < -0.39 is 17.7 Å². The monoisotopic (exact) mass is 327 g/mol. The summed E-state index contributed by atoms with van der Waals surface area (Å²) in [6, 6.07) is 2.21. The smallest absolute Gasteiger partial charge is 0.145 e. The highest BCUT2D eigenvalue weighted by molar-refractivity contribution is 9.10. The molecule has 4 rings (SSSR count). The van der Waals surface area contributed by atoms with Crippen LogP contribution in [0.25, 0.3) is 0 Å². The van der Waals surface area contributed by atoms with Gasteiger partial charge in [-0.25, -0.2) is 8.78 Å². The Morgan fingerprint density at radius 1 is 1.16 bits per heavy atom. The van der Waals surface area contributed by atoms with E-state index in [-0.39, 0.29) is 5.56 Å². The summed E-state index contributed by atoms with van der Waals surface area (Å²) in [5.74, 6) is 2.06. The third-order valence-corrected chi connectivity index (χ3v) is 6.23. The summed E-state index contributed by atoms with van der Waals surface area (Å²) in [7, 11) is 0. The molecule has 3 aliphatic carbocycles. The Kier molecular flexibility index (Phi) is 2.59. The number of benzene rings is 1. The summed E-state index contributed by atoms with van der Waals surface area (Å²) in [4.78, 5) is 0. The number of rotatable bonds is 2. The molecule has 1 aromatic rings. The van der Waals surface area contributed by atoms with Crippen molar-refractivity contribution in [2.75, 3.05) is 0 Å². The van der Waals surface area contributed by atoms with Crippen LogP contribution in [-0.4, -0.2) is 0 Å². The zero-order valence-corrected chi connectivity index (χ0v) is 12.0. The van der Waals surface area contributed by atoms with E-state index in [4.69, 9.17) is 5.73 Å². The van der Waals surface area contributed by atoms with Crippen molar-refractivity contribution in [2.24, 2.45) is 35.3 Å². The minimum absolute atomic E-state index is 0.0770. The molecule has 1 aromatic carbocycles. The summed E-state index contributed by atoms with van der Waals surface area (Å²) in [6.45, 7) is 0. The molecule has 5 unspecified atom stereocenters. The predicted octanol–water partition coefficient (Wildman–Crippen LogP) is 4.02. The predicted molar refractivity (Wildman–Crippen MR) is 72.3 cm³/mol. The fourth-order valence-electron chi connectivity index (χ4n) is 4.91. The molecule has 5 atom stereocenters. The third-order valence-electron chi connectivity index (χ3n) is 5.62. The van der Waals surface area contributed by atoms with Gasteiger partial charge in [0.1, 0.15) is 11.6 Å². The maximum absolute atomic E-state index is 14.1. The van der Waals surface area contributed by atoms with Gasteiger partial charge in [0.15, 0.2) is 0 Å². The maximum Gasteiger partial charge on any atom is 0.145 e. The van der Waals surface area contributed by atoms with Gasteiger partial charge >= 0.3 is 0 Å². The lowest BCUT2D eigenvalue weighted by Gasteiger charge is -2.18. The van der Waals surface area contributed by atoms with E-state index in [9.17, 15) is 8.78 Å². The van der Waals surface area contributed by atoms with Gasteiger partial charge in [-0.15, -0.1) is 0 Å². The molecule has 1 nitrogen and oxygen atoms in total. The van der Waals surface area contributed by atoms with Crippen LogP contribution >= 0.6 is 15.9 Å². The molecular formula is C15H16BrF2N. The largest absolute Gasteiger partial charge is 0.324 e. The van der Waals surface area contributed by atoms with Crippen LogP contribution in [0.1, 0.15) is 30.9 Å². The van der Waals surface area contributed by atoms with Gasteiger partial charge in [0.25, 0.3) is 0 Å². The number of hydrogen-bond acceptors (Lipinski definition) is 1. The Balaban J connectivity index is 1.66. The zero-order chi connectivity index (χ0) is 13.3. The lowest BCUT2D eigenvalue weighted by atomic mass is 9.93. The van der Waals surface area contributed by atoms with Crippen molar-refractivity contribution in [3.8, 4) is 0 Å². The quantitative estimate of drug-likeness (QED) is 0.816. The Morgan fingerprint density at radius 2 is 1.79 bits per heavy atom. The Hall–Kier alpha value is -0.480. The minimum Gasteiger partial charge on any atom is -0.324 e. The lowest BCUT2D eigenvalue weighted by Crippen LogP contribution is -2.20. The van der Waals surface area contributed by atoms with Crippen LogP contribution in [0.15, 0.2) is 16.6 Å². The van der Waals surface area contributed by atoms with Gasteiger partial charge in [0.2, 0.25) is 0 Å². The molecule has 102 valence electrons. The molecule has 0 saturated heterocycles. The first-order chi connectivity index (χ1) is 9.09. The Labute approximate surface area is 119 Å². The topological polar surface area (TPSA) is 26.0 Å². The summed E-state index contributed by atoms with van der Waals surface area (Å²) in [6.07, 6.45) is 3.90. The van der Waals surface area contributed by atoms with Crippen LogP contribution in [0.5, 0.6) is 0 Å². The van der Waals surface area contributed by atoms with E-state index in [1.807, 2.05) is 0 Å². The number of nitrogens with two attached hydrogens (primary N) is 1. The van der Waals surface area contributed by atoms with E-state index >= 15 is 0 Å². The van der Waals surface area contributed by atoms with Gasteiger partial charge < -0.3 is 5.73 Å². The van der Waals surface area contributed by atoms with Crippen molar-refractivity contribution in [1.29, 1.82) is 0 Å². The molecule has 0 radical (unpaired) electrons.